The summed E-state index contributed by atoms with van der Waals surface area (Å²) in [5.74, 6) is 0.738. The number of nitrogens with zero attached hydrogens (tertiary/aromatic N) is 2. The third kappa shape index (κ3) is 5.23. The molecule has 1 rings (SSSR count). The summed E-state index contributed by atoms with van der Waals surface area (Å²) in [6, 6.07) is 1.84. The van der Waals surface area contributed by atoms with E-state index in [-0.39, 0.29) is 5.41 Å². The Kier molecular flexibility index (Phi) is 5.22. The molecule has 0 saturated heterocycles. The molecule has 0 aromatic carbocycles. The highest BCUT2D eigenvalue weighted by Crippen LogP contribution is 2.24. The van der Waals surface area contributed by atoms with Crippen molar-refractivity contribution in [1.82, 2.24) is 9.88 Å². The predicted molar refractivity (Wildman–Crippen MR) is 77.8 cm³/mol. The standard InChI is InChI=1S/C12H19BrClN3/c1-12(2,8-17(3)4)7-16-11-10(14)5-9(13)6-15-11/h5-6H,7-8H2,1-4H3,(H,15,16). The van der Waals surface area contributed by atoms with Gasteiger partial charge in [0.15, 0.2) is 0 Å². The maximum Gasteiger partial charge on any atom is 0.144 e. The van der Waals surface area contributed by atoms with Gasteiger partial charge in [0, 0.05) is 23.8 Å². The summed E-state index contributed by atoms with van der Waals surface area (Å²) in [5, 5.41) is 3.93. The minimum absolute atomic E-state index is 0.168. The predicted octanol–water partition coefficient (Wildman–Crippen LogP) is 3.50. The topological polar surface area (TPSA) is 28.2 Å². The summed E-state index contributed by atoms with van der Waals surface area (Å²) in [6.45, 7) is 6.27. The van der Waals surface area contributed by atoms with Crippen molar-refractivity contribution in [1.29, 1.82) is 0 Å². The number of hydrogen-bond acceptors (Lipinski definition) is 3. The number of aromatic nitrogens is 1. The van der Waals surface area contributed by atoms with Crippen LogP contribution in [-0.4, -0.2) is 37.1 Å². The first-order chi connectivity index (χ1) is 7.80. The van der Waals surface area contributed by atoms with Crippen LogP contribution in [0.25, 0.3) is 0 Å². The average molecular weight is 321 g/mol. The van der Waals surface area contributed by atoms with Crippen LogP contribution < -0.4 is 5.32 Å². The highest BCUT2D eigenvalue weighted by molar-refractivity contribution is 9.10. The minimum atomic E-state index is 0.168. The molecule has 3 nitrogen and oxygen atoms in total. The Morgan fingerprint density at radius 2 is 2.12 bits per heavy atom. The summed E-state index contributed by atoms with van der Waals surface area (Å²) in [5.41, 5.74) is 0.168. The van der Waals surface area contributed by atoms with Gasteiger partial charge >= 0.3 is 0 Å². The molecule has 0 bridgehead atoms. The summed E-state index contributed by atoms with van der Waals surface area (Å²) < 4.78 is 0.889. The van der Waals surface area contributed by atoms with E-state index in [2.05, 4.69) is 59.1 Å². The first-order valence-corrected chi connectivity index (χ1v) is 6.67. The van der Waals surface area contributed by atoms with E-state index in [1.807, 2.05) is 6.07 Å². The largest absolute Gasteiger partial charge is 0.368 e. The van der Waals surface area contributed by atoms with Crippen molar-refractivity contribution >= 4 is 33.3 Å². The van der Waals surface area contributed by atoms with Crippen LogP contribution >= 0.6 is 27.5 Å². The van der Waals surface area contributed by atoms with Gasteiger partial charge in [0.25, 0.3) is 0 Å². The van der Waals surface area contributed by atoms with Crippen LogP contribution in [0.4, 0.5) is 5.82 Å². The Balaban J connectivity index is 2.61. The molecule has 17 heavy (non-hydrogen) atoms. The van der Waals surface area contributed by atoms with E-state index >= 15 is 0 Å². The Hall–Kier alpha value is -0.320. The molecule has 0 atom stereocenters. The van der Waals surface area contributed by atoms with E-state index in [9.17, 15) is 0 Å². The lowest BCUT2D eigenvalue weighted by Gasteiger charge is -2.28. The van der Waals surface area contributed by atoms with Gasteiger partial charge in [-0.15, -0.1) is 0 Å². The Labute approximate surface area is 117 Å². The van der Waals surface area contributed by atoms with Crippen LogP contribution in [0.3, 0.4) is 0 Å². The molecule has 0 unspecified atom stereocenters. The summed E-state index contributed by atoms with van der Waals surface area (Å²) in [6.07, 6.45) is 1.74. The second kappa shape index (κ2) is 6.03. The number of rotatable bonds is 5. The van der Waals surface area contributed by atoms with Crippen molar-refractivity contribution in [3.05, 3.63) is 21.8 Å². The van der Waals surface area contributed by atoms with Crippen molar-refractivity contribution in [2.45, 2.75) is 13.8 Å². The fraction of sp³-hybridized carbons (Fsp3) is 0.583. The molecular formula is C12H19BrClN3. The number of pyridine rings is 1. The number of hydrogen-bond donors (Lipinski definition) is 1. The third-order valence-electron chi connectivity index (χ3n) is 2.29. The van der Waals surface area contributed by atoms with Crippen molar-refractivity contribution in [3.63, 3.8) is 0 Å². The van der Waals surface area contributed by atoms with E-state index in [0.717, 1.165) is 23.4 Å². The monoisotopic (exact) mass is 319 g/mol. The van der Waals surface area contributed by atoms with Gasteiger partial charge in [-0.3, -0.25) is 0 Å². The molecule has 1 aromatic heterocycles. The molecule has 1 N–H and O–H groups in total. The van der Waals surface area contributed by atoms with Crippen LogP contribution in [0.2, 0.25) is 5.02 Å². The maximum absolute atomic E-state index is 6.10. The van der Waals surface area contributed by atoms with Gasteiger partial charge in [-0.1, -0.05) is 25.4 Å². The highest BCUT2D eigenvalue weighted by atomic mass is 79.9. The zero-order valence-corrected chi connectivity index (χ0v) is 13.1. The maximum atomic E-state index is 6.10. The van der Waals surface area contributed by atoms with Crippen molar-refractivity contribution in [2.75, 3.05) is 32.5 Å². The molecule has 0 fully saturated rings. The molecule has 0 aliphatic heterocycles. The molecule has 1 aromatic rings. The van der Waals surface area contributed by atoms with E-state index in [1.165, 1.54) is 0 Å². The molecule has 1 heterocycles. The zero-order valence-electron chi connectivity index (χ0n) is 10.7. The number of anilines is 1. The van der Waals surface area contributed by atoms with Gasteiger partial charge in [0.05, 0.1) is 5.02 Å². The number of halogens is 2. The first kappa shape index (κ1) is 14.7. The van der Waals surface area contributed by atoms with Gasteiger partial charge in [-0.2, -0.15) is 0 Å². The zero-order chi connectivity index (χ0) is 13.1. The molecule has 0 radical (unpaired) electrons. The van der Waals surface area contributed by atoms with Crippen LogP contribution in [0.1, 0.15) is 13.8 Å². The van der Waals surface area contributed by atoms with Gasteiger partial charge < -0.3 is 10.2 Å². The molecule has 0 amide bonds. The highest BCUT2D eigenvalue weighted by Gasteiger charge is 2.19. The minimum Gasteiger partial charge on any atom is -0.368 e. The van der Waals surface area contributed by atoms with Crippen LogP contribution in [0.5, 0.6) is 0 Å². The third-order valence-corrected chi connectivity index (χ3v) is 3.01. The van der Waals surface area contributed by atoms with E-state index in [0.29, 0.717) is 5.02 Å². The second-order valence-electron chi connectivity index (χ2n) is 5.24. The molecular weight excluding hydrogens is 302 g/mol. The van der Waals surface area contributed by atoms with Crippen molar-refractivity contribution in [3.8, 4) is 0 Å². The van der Waals surface area contributed by atoms with Gasteiger partial charge in [0.1, 0.15) is 5.82 Å². The van der Waals surface area contributed by atoms with Crippen LogP contribution in [0.15, 0.2) is 16.7 Å². The Morgan fingerprint density at radius 3 is 2.65 bits per heavy atom. The molecule has 5 heteroatoms. The van der Waals surface area contributed by atoms with Crippen molar-refractivity contribution < 1.29 is 0 Å². The summed E-state index contributed by atoms with van der Waals surface area (Å²) in [7, 11) is 4.15. The normalized spacial score (nSPS) is 11.9. The lowest BCUT2D eigenvalue weighted by atomic mass is 9.93. The Morgan fingerprint density at radius 1 is 1.47 bits per heavy atom. The molecule has 0 spiro atoms. The van der Waals surface area contributed by atoms with E-state index < -0.39 is 0 Å². The summed E-state index contributed by atoms with van der Waals surface area (Å²) in [4.78, 5) is 6.44. The second-order valence-corrected chi connectivity index (χ2v) is 6.56. The quantitative estimate of drug-likeness (QED) is 0.900. The van der Waals surface area contributed by atoms with Gasteiger partial charge in [-0.25, -0.2) is 4.98 Å². The van der Waals surface area contributed by atoms with Crippen LogP contribution in [-0.2, 0) is 0 Å². The van der Waals surface area contributed by atoms with Crippen LogP contribution in [0, 0.1) is 5.41 Å². The smallest absolute Gasteiger partial charge is 0.144 e. The molecule has 0 aliphatic carbocycles. The SMILES string of the molecule is CN(C)CC(C)(C)CNc1ncc(Br)cc1Cl. The van der Waals surface area contributed by atoms with Gasteiger partial charge in [-0.05, 0) is 41.5 Å². The molecule has 96 valence electrons. The fourth-order valence-electron chi connectivity index (χ4n) is 1.78. The molecule has 0 aliphatic rings. The van der Waals surface area contributed by atoms with Gasteiger partial charge in [0.2, 0.25) is 0 Å². The lowest BCUT2D eigenvalue weighted by molar-refractivity contribution is 0.254. The van der Waals surface area contributed by atoms with Crippen molar-refractivity contribution in [2.24, 2.45) is 5.41 Å². The average Bonchev–Trinajstić information content (AvgIpc) is 2.14. The van der Waals surface area contributed by atoms with E-state index in [4.69, 9.17) is 11.6 Å². The van der Waals surface area contributed by atoms with E-state index in [1.54, 1.807) is 6.20 Å². The fourth-order valence-corrected chi connectivity index (χ4v) is 2.48. The lowest BCUT2D eigenvalue weighted by Crippen LogP contribution is -2.34. The number of nitrogens with one attached hydrogen (secondary N) is 1. The molecule has 0 saturated carbocycles. The first-order valence-electron chi connectivity index (χ1n) is 5.50. The Bertz CT molecular complexity index is 380. The summed E-state index contributed by atoms with van der Waals surface area (Å²) >= 11 is 9.44.